The first-order chi connectivity index (χ1) is 8.63. The molecule has 1 heterocycles. The van der Waals surface area contributed by atoms with Crippen molar-refractivity contribution in [2.45, 2.75) is 12.8 Å². The zero-order valence-corrected chi connectivity index (χ0v) is 9.68. The van der Waals surface area contributed by atoms with Gasteiger partial charge in [0.15, 0.2) is 0 Å². The highest BCUT2D eigenvalue weighted by Crippen LogP contribution is 2.40. The number of anilines is 1. The molecule has 0 atom stereocenters. The highest BCUT2D eigenvalue weighted by Gasteiger charge is 2.18. The Morgan fingerprint density at radius 2 is 1.83 bits per heavy atom. The van der Waals surface area contributed by atoms with E-state index in [2.05, 4.69) is 0 Å². The van der Waals surface area contributed by atoms with Crippen molar-refractivity contribution >= 4 is 5.69 Å². The van der Waals surface area contributed by atoms with Crippen molar-refractivity contribution in [1.82, 2.24) is 0 Å². The van der Waals surface area contributed by atoms with E-state index in [-0.39, 0.29) is 11.5 Å². The number of aryl methyl sites for hydroxylation is 1. The number of fused-ring (bicyclic) bond motifs is 2. The summed E-state index contributed by atoms with van der Waals surface area (Å²) >= 11 is 0. The average Bonchev–Trinajstić information content (AvgIpc) is 2.47. The van der Waals surface area contributed by atoms with E-state index in [0.29, 0.717) is 29.2 Å². The summed E-state index contributed by atoms with van der Waals surface area (Å²) in [4.78, 5) is 0. The summed E-state index contributed by atoms with van der Waals surface area (Å²) in [7, 11) is 0. The van der Waals surface area contributed by atoms with E-state index in [1.165, 1.54) is 12.1 Å². The average molecular weight is 243 g/mol. The van der Waals surface area contributed by atoms with Gasteiger partial charge in [0.25, 0.3) is 0 Å². The number of phenols is 2. The molecule has 18 heavy (non-hydrogen) atoms. The summed E-state index contributed by atoms with van der Waals surface area (Å²) in [6.45, 7) is 0. The molecule has 0 fully saturated rings. The molecular weight excluding hydrogens is 230 g/mol. The molecule has 0 amide bonds. The lowest BCUT2D eigenvalue weighted by Gasteiger charge is -2.10. The number of rotatable bonds is 0. The molecule has 4 N–H and O–H groups in total. The first-order valence-electron chi connectivity index (χ1n) is 5.74. The van der Waals surface area contributed by atoms with E-state index in [1.807, 2.05) is 6.07 Å². The zero-order chi connectivity index (χ0) is 12.7. The van der Waals surface area contributed by atoms with Gasteiger partial charge in [-0.1, -0.05) is 0 Å². The Morgan fingerprint density at radius 1 is 1.00 bits per heavy atom. The van der Waals surface area contributed by atoms with Crippen LogP contribution in [0.25, 0.3) is 0 Å². The van der Waals surface area contributed by atoms with E-state index < -0.39 is 0 Å². The molecular formula is C14H13NO3. The molecule has 0 radical (unpaired) electrons. The van der Waals surface area contributed by atoms with Gasteiger partial charge in [0.2, 0.25) is 0 Å². The first-order valence-corrected chi connectivity index (χ1v) is 5.74. The van der Waals surface area contributed by atoms with Crippen LogP contribution < -0.4 is 10.5 Å². The van der Waals surface area contributed by atoms with Crippen LogP contribution in [-0.2, 0) is 12.8 Å². The van der Waals surface area contributed by atoms with Crippen LogP contribution in [0.2, 0.25) is 0 Å². The van der Waals surface area contributed by atoms with Crippen LogP contribution in [0, 0.1) is 0 Å². The highest BCUT2D eigenvalue weighted by molar-refractivity contribution is 5.56. The summed E-state index contributed by atoms with van der Waals surface area (Å²) in [6, 6.07) is 8.29. The smallest absolute Gasteiger partial charge is 0.138 e. The van der Waals surface area contributed by atoms with Crippen LogP contribution in [-0.4, -0.2) is 10.2 Å². The molecule has 1 aliphatic rings. The summed E-state index contributed by atoms with van der Waals surface area (Å²) in [5.74, 6) is 1.26. The topological polar surface area (TPSA) is 75.7 Å². The normalized spacial score (nSPS) is 13.1. The van der Waals surface area contributed by atoms with Crippen molar-refractivity contribution in [2.75, 3.05) is 5.73 Å². The van der Waals surface area contributed by atoms with Gasteiger partial charge < -0.3 is 20.7 Å². The fourth-order valence-electron chi connectivity index (χ4n) is 2.23. The van der Waals surface area contributed by atoms with Gasteiger partial charge in [-0.15, -0.1) is 0 Å². The van der Waals surface area contributed by atoms with Crippen molar-refractivity contribution in [3.63, 3.8) is 0 Å². The number of ether oxygens (including phenoxy) is 1. The van der Waals surface area contributed by atoms with Gasteiger partial charge in [0, 0.05) is 23.4 Å². The summed E-state index contributed by atoms with van der Waals surface area (Å²) in [6.07, 6.45) is 1.39. The molecule has 0 saturated heterocycles. The Morgan fingerprint density at radius 3 is 2.67 bits per heavy atom. The maximum Gasteiger partial charge on any atom is 0.138 e. The number of nitrogen functional groups attached to an aromatic ring is 1. The van der Waals surface area contributed by atoms with Gasteiger partial charge in [0.1, 0.15) is 23.0 Å². The van der Waals surface area contributed by atoms with Gasteiger partial charge in [-0.2, -0.15) is 0 Å². The number of nitrogens with two attached hydrogens (primary N) is 1. The number of benzene rings is 2. The Hall–Kier alpha value is -2.36. The fraction of sp³-hybridized carbons (Fsp3) is 0.143. The minimum atomic E-state index is -0.00912. The Balaban J connectivity index is 2.12. The number of aromatic hydroxyl groups is 2. The summed E-state index contributed by atoms with van der Waals surface area (Å²) in [5.41, 5.74) is 8.15. The highest BCUT2D eigenvalue weighted by atomic mass is 16.5. The van der Waals surface area contributed by atoms with E-state index in [1.54, 1.807) is 12.1 Å². The van der Waals surface area contributed by atoms with Gasteiger partial charge in [-0.3, -0.25) is 0 Å². The Labute approximate surface area is 104 Å². The third kappa shape index (κ3) is 1.72. The number of phenolic OH excluding ortho intramolecular Hbond substituents is 2. The van der Waals surface area contributed by atoms with E-state index in [0.717, 1.165) is 12.0 Å². The molecule has 0 aliphatic carbocycles. The van der Waals surface area contributed by atoms with E-state index in [9.17, 15) is 10.2 Å². The van der Waals surface area contributed by atoms with Crippen molar-refractivity contribution in [3.05, 3.63) is 41.5 Å². The minimum absolute atomic E-state index is 0.00912. The molecule has 4 nitrogen and oxygen atoms in total. The van der Waals surface area contributed by atoms with Crippen LogP contribution in [0.1, 0.15) is 11.1 Å². The third-order valence-corrected chi connectivity index (χ3v) is 3.12. The SMILES string of the molecule is Nc1ccc2c(c1)CCc1c(O)cc(O)cc1O2. The monoisotopic (exact) mass is 243 g/mol. The maximum absolute atomic E-state index is 9.83. The van der Waals surface area contributed by atoms with Crippen LogP contribution in [0.5, 0.6) is 23.0 Å². The predicted molar refractivity (Wildman–Crippen MR) is 68.1 cm³/mol. The van der Waals surface area contributed by atoms with E-state index in [4.69, 9.17) is 10.5 Å². The van der Waals surface area contributed by atoms with Gasteiger partial charge in [-0.05, 0) is 36.6 Å². The predicted octanol–water partition coefficient (Wildman–Crippen LogP) is 2.57. The molecule has 2 aromatic rings. The number of hydrogen-bond donors (Lipinski definition) is 3. The molecule has 0 saturated carbocycles. The quantitative estimate of drug-likeness (QED) is 0.621. The first kappa shape index (κ1) is 10.8. The van der Waals surface area contributed by atoms with Gasteiger partial charge >= 0.3 is 0 Å². The minimum Gasteiger partial charge on any atom is -0.508 e. The second-order valence-corrected chi connectivity index (χ2v) is 4.41. The van der Waals surface area contributed by atoms with Gasteiger partial charge in [-0.25, -0.2) is 0 Å². The second kappa shape index (κ2) is 3.84. The van der Waals surface area contributed by atoms with Crippen LogP contribution in [0.4, 0.5) is 5.69 Å². The lowest BCUT2D eigenvalue weighted by atomic mass is 10.0. The molecule has 2 aromatic carbocycles. The van der Waals surface area contributed by atoms with Crippen LogP contribution in [0.3, 0.4) is 0 Å². The third-order valence-electron chi connectivity index (χ3n) is 3.12. The van der Waals surface area contributed by atoms with Crippen molar-refractivity contribution in [2.24, 2.45) is 0 Å². The summed E-state index contributed by atoms with van der Waals surface area (Å²) in [5, 5.41) is 19.3. The molecule has 0 unspecified atom stereocenters. The largest absolute Gasteiger partial charge is 0.508 e. The molecule has 4 heteroatoms. The molecule has 0 aromatic heterocycles. The molecule has 1 aliphatic heterocycles. The van der Waals surface area contributed by atoms with Crippen LogP contribution >= 0.6 is 0 Å². The second-order valence-electron chi connectivity index (χ2n) is 4.41. The lowest BCUT2D eigenvalue weighted by molar-refractivity contribution is 0.427. The zero-order valence-electron chi connectivity index (χ0n) is 9.68. The maximum atomic E-state index is 9.83. The molecule has 0 bridgehead atoms. The summed E-state index contributed by atoms with van der Waals surface area (Å²) < 4.78 is 5.74. The molecule has 0 spiro atoms. The molecule has 92 valence electrons. The Kier molecular flexibility index (Phi) is 2.30. The van der Waals surface area contributed by atoms with Crippen molar-refractivity contribution in [1.29, 1.82) is 0 Å². The Bertz CT molecular complexity index is 623. The number of hydrogen-bond acceptors (Lipinski definition) is 4. The fourth-order valence-corrected chi connectivity index (χ4v) is 2.23. The van der Waals surface area contributed by atoms with E-state index >= 15 is 0 Å². The standard InChI is InChI=1S/C14H13NO3/c15-9-2-4-13-8(5-9)1-3-11-12(17)6-10(16)7-14(11)18-13/h2,4-7,16-17H,1,3,15H2. The van der Waals surface area contributed by atoms with Crippen LogP contribution in [0.15, 0.2) is 30.3 Å². The molecule has 3 rings (SSSR count). The van der Waals surface area contributed by atoms with Crippen molar-refractivity contribution < 1.29 is 14.9 Å². The lowest BCUT2D eigenvalue weighted by Crippen LogP contribution is -1.92. The van der Waals surface area contributed by atoms with Gasteiger partial charge in [0.05, 0.1) is 0 Å². The van der Waals surface area contributed by atoms with Crippen molar-refractivity contribution in [3.8, 4) is 23.0 Å².